The first-order chi connectivity index (χ1) is 7.78. The third kappa shape index (κ3) is 2.69. The van der Waals surface area contributed by atoms with Gasteiger partial charge in [0.25, 0.3) is 0 Å². The van der Waals surface area contributed by atoms with Gasteiger partial charge in [0, 0.05) is 12.6 Å². The van der Waals surface area contributed by atoms with Gasteiger partial charge < -0.3 is 5.32 Å². The number of nitrogens with one attached hydrogen (secondary N) is 1. The molecular formula is C12H16N4. The molecule has 0 unspecified atom stereocenters. The van der Waals surface area contributed by atoms with Crippen LogP contribution >= 0.6 is 0 Å². The highest BCUT2D eigenvalue weighted by Crippen LogP contribution is 2.24. The van der Waals surface area contributed by atoms with E-state index in [1.54, 1.807) is 6.07 Å². The van der Waals surface area contributed by atoms with Crippen molar-refractivity contribution in [3.63, 3.8) is 0 Å². The molecule has 0 aromatic carbocycles. The molecule has 2 rings (SSSR count). The third-order valence-corrected chi connectivity index (χ3v) is 3.00. The van der Waals surface area contributed by atoms with Crippen LogP contribution in [-0.2, 0) is 0 Å². The average Bonchev–Trinajstić information content (AvgIpc) is 2.78. The van der Waals surface area contributed by atoms with Crippen molar-refractivity contribution < 1.29 is 0 Å². The van der Waals surface area contributed by atoms with Gasteiger partial charge in [-0.15, -0.1) is 0 Å². The number of aromatic nitrogens is 2. The molecule has 1 saturated carbocycles. The van der Waals surface area contributed by atoms with Gasteiger partial charge in [-0.3, -0.25) is 0 Å². The Morgan fingerprint density at radius 3 is 2.88 bits per heavy atom. The van der Waals surface area contributed by atoms with Crippen molar-refractivity contribution in [2.75, 3.05) is 11.9 Å². The quantitative estimate of drug-likeness (QED) is 0.841. The van der Waals surface area contributed by atoms with Gasteiger partial charge in [0.1, 0.15) is 23.4 Å². The Hall–Kier alpha value is -1.63. The van der Waals surface area contributed by atoms with Crippen LogP contribution in [0.25, 0.3) is 0 Å². The molecule has 0 atom stereocenters. The Balaban J connectivity index is 1.98. The number of rotatable bonds is 3. The molecule has 1 fully saturated rings. The highest BCUT2D eigenvalue weighted by Gasteiger charge is 2.14. The van der Waals surface area contributed by atoms with E-state index in [9.17, 15) is 0 Å². The van der Waals surface area contributed by atoms with Gasteiger partial charge in [-0.05, 0) is 25.7 Å². The Morgan fingerprint density at radius 2 is 2.19 bits per heavy atom. The van der Waals surface area contributed by atoms with Crippen LogP contribution in [0.1, 0.15) is 37.2 Å². The molecule has 1 aliphatic carbocycles. The summed E-state index contributed by atoms with van der Waals surface area (Å²) < 4.78 is 0. The zero-order valence-corrected chi connectivity index (χ0v) is 9.53. The summed E-state index contributed by atoms with van der Waals surface area (Å²) in [6, 6.07) is 3.76. The van der Waals surface area contributed by atoms with Crippen LogP contribution < -0.4 is 5.32 Å². The first-order valence-corrected chi connectivity index (χ1v) is 5.77. The fourth-order valence-electron chi connectivity index (χ4n) is 2.18. The summed E-state index contributed by atoms with van der Waals surface area (Å²) in [7, 11) is 0. The second-order valence-corrected chi connectivity index (χ2v) is 4.33. The SMILES string of the molecule is Cc1nc(C#N)cc(NCC2CCCC2)n1. The molecule has 0 spiro atoms. The van der Waals surface area contributed by atoms with Crippen LogP contribution in [0.2, 0.25) is 0 Å². The molecular weight excluding hydrogens is 200 g/mol. The van der Waals surface area contributed by atoms with Crippen molar-refractivity contribution in [2.45, 2.75) is 32.6 Å². The van der Waals surface area contributed by atoms with Gasteiger partial charge in [0.05, 0.1) is 0 Å². The number of hydrogen-bond acceptors (Lipinski definition) is 4. The number of hydrogen-bond donors (Lipinski definition) is 1. The van der Waals surface area contributed by atoms with Gasteiger partial charge >= 0.3 is 0 Å². The molecule has 1 aliphatic rings. The van der Waals surface area contributed by atoms with Crippen molar-refractivity contribution in [1.82, 2.24) is 9.97 Å². The first-order valence-electron chi connectivity index (χ1n) is 5.77. The Labute approximate surface area is 95.7 Å². The summed E-state index contributed by atoms with van der Waals surface area (Å²) in [5.74, 6) is 2.18. The fourth-order valence-corrected chi connectivity index (χ4v) is 2.18. The maximum Gasteiger partial charge on any atom is 0.146 e. The molecule has 1 N–H and O–H groups in total. The van der Waals surface area contributed by atoms with Crippen LogP contribution in [0, 0.1) is 24.2 Å². The largest absolute Gasteiger partial charge is 0.370 e. The number of nitriles is 1. The number of nitrogens with zero attached hydrogens (tertiary/aromatic N) is 3. The molecule has 0 bridgehead atoms. The molecule has 1 aromatic heterocycles. The minimum Gasteiger partial charge on any atom is -0.370 e. The topological polar surface area (TPSA) is 61.6 Å². The van der Waals surface area contributed by atoms with Crippen molar-refractivity contribution in [2.24, 2.45) is 5.92 Å². The van der Waals surface area contributed by atoms with E-state index in [1.807, 2.05) is 13.0 Å². The van der Waals surface area contributed by atoms with Crippen molar-refractivity contribution in [1.29, 1.82) is 5.26 Å². The lowest BCUT2D eigenvalue weighted by atomic mass is 10.1. The van der Waals surface area contributed by atoms with E-state index in [4.69, 9.17) is 5.26 Å². The van der Waals surface area contributed by atoms with Gasteiger partial charge in [-0.2, -0.15) is 5.26 Å². The van der Waals surface area contributed by atoms with Crippen LogP contribution in [0.5, 0.6) is 0 Å². The number of aryl methyl sites for hydroxylation is 1. The van der Waals surface area contributed by atoms with Crippen LogP contribution in [0.15, 0.2) is 6.07 Å². The van der Waals surface area contributed by atoms with Gasteiger partial charge in [-0.1, -0.05) is 12.8 Å². The second kappa shape index (κ2) is 4.93. The molecule has 0 aliphatic heterocycles. The predicted molar refractivity (Wildman–Crippen MR) is 61.9 cm³/mol. The molecule has 0 amide bonds. The summed E-state index contributed by atoms with van der Waals surface area (Å²) in [4.78, 5) is 8.29. The smallest absolute Gasteiger partial charge is 0.146 e. The first kappa shape index (κ1) is 10.9. The highest BCUT2D eigenvalue weighted by atomic mass is 15.0. The lowest BCUT2D eigenvalue weighted by Crippen LogP contribution is -2.12. The summed E-state index contributed by atoms with van der Waals surface area (Å²) in [6.45, 7) is 2.77. The van der Waals surface area contributed by atoms with Crippen molar-refractivity contribution >= 4 is 5.82 Å². The lowest BCUT2D eigenvalue weighted by molar-refractivity contribution is 0.578. The zero-order valence-electron chi connectivity index (χ0n) is 9.53. The molecule has 84 valence electrons. The predicted octanol–water partition coefficient (Wildman–Crippen LogP) is 2.26. The maximum absolute atomic E-state index is 8.80. The Kier molecular flexibility index (Phi) is 3.35. The average molecular weight is 216 g/mol. The molecule has 4 nitrogen and oxygen atoms in total. The van der Waals surface area contributed by atoms with Gasteiger partial charge in [0.2, 0.25) is 0 Å². The van der Waals surface area contributed by atoms with Crippen LogP contribution in [0.4, 0.5) is 5.82 Å². The summed E-state index contributed by atoms with van der Waals surface area (Å²) in [6.07, 6.45) is 5.31. The van der Waals surface area contributed by atoms with E-state index in [0.29, 0.717) is 11.5 Å². The van der Waals surface area contributed by atoms with E-state index in [2.05, 4.69) is 15.3 Å². The third-order valence-electron chi connectivity index (χ3n) is 3.00. The molecule has 16 heavy (non-hydrogen) atoms. The molecule has 1 heterocycles. The number of anilines is 1. The standard InChI is InChI=1S/C12H16N4/c1-9-15-11(7-13)6-12(16-9)14-8-10-4-2-3-5-10/h6,10H,2-5,8H2,1H3,(H,14,15,16). The van der Waals surface area contributed by atoms with E-state index in [1.165, 1.54) is 25.7 Å². The van der Waals surface area contributed by atoms with Crippen LogP contribution in [-0.4, -0.2) is 16.5 Å². The van der Waals surface area contributed by atoms with E-state index < -0.39 is 0 Å². The lowest BCUT2D eigenvalue weighted by Gasteiger charge is -2.11. The van der Waals surface area contributed by atoms with Gasteiger partial charge in [-0.25, -0.2) is 9.97 Å². The zero-order chi connectivity index (χ0) is 11.4. The molecule has 1 aromatic rings. The van der Waals surface area contributed by atoms with E-state index in [0.717, 1.165) is 18.3 Å². The normalized spacial score (nSPS) is 16.0. The minimum atomic E-state index is 0.432. The Bertz CT molecular complexity index is 402. The molecule has 0 saturated heterocycles. The van der Waals surface area contributed by atoms with Crippen molar-refractivity contribution in [3.05, 3.63) is 17.6 Å². The second-order valence-electron chi connectivity index (χ2n) is 4.33. The van der Waals surface area contributed by atoms with E-state index >= 15 is 0 Å². The fraction of sp³-hybridized carbons (Fsp3) is 0.583. The summed E-state index contributed by atoms with van der Waals surface area (Å²) >= 11 is 0. The minimum absolute atomic E-state index is 0.432. The maximum atomic E-state index is 8.80. The monoisotopic (exact) mass is 216 g/mol. The van der Waals surface area contributed by atoms with E-state index in [-0.39, 0.29) is 0 Å². The van der Waals surface area contributed by atoms with Crippen molar-refractivity contribution in [3.8, 4) is 6.07 Å². The van der Waals surface area contributed by atoms with Gasteiger partial charge in [0.15, 0.2) is 0 Å². The molecule has 4 heteroatoms. The van der Waals surface area contributed by atoms with Crippen LogP contribution in [0.3, 0.4) is 0 Å². The molecule has 0 radical (unpaired) electrons. The highest BCUT2D eigenvalue weighted by molar-refractivity contribution is 5.39. The Morgan fingerprint density at radius 1 is 1.44 bits per heavy atom. The summed E-state index contributed by atoms with van der Waals surface area (Å²) in [5, 5.41) is 12.1. The summed E-state index contributed by atoms with van der Waals surface area (Å²) in [5.41, 5.74) is 0.432.